The largest absolute Gasteiger partial charge is 0.486 e. The second kappa shape index (κ2) is 7.51. The van der Waals surface area contributed by atoms with Gasteiger partial charge in [-0.1, -0.05) is 34.5 Å². The topological polar surface area (TPSA) is 65.5 Å². The fraction of sp³-hybridized carbons (Fsp3) is 0.0500. The quantitative estimate of drug-likeness (QED) is 0.333. The Labute approximate surface area is 179 Å². The highest BCUT2D eigenvalue weighted by molar-refractivity contribution is 7.16. The zero-order chi connectivity index (χ0) is 19.8. The van der Waals surface area contributed by atoms with Crippen molar-refractivity contribution in [3.8, 4) is 28.7 Å². The lowest BCUT2D eigenvalue weighted by molar-refractivity contribution is 0.304. The zero-order valence-corrected chi connectivity index (χ0v) is 17.1. The fourth-order valence-corrected chi connectivity index (χ4v) is 3.77. The van der Waals surface area contributed by atoms with E-state index in [2.05, 4.69) is 15.3 Å². The van der Waals surface area contributed by atoms with Gasteiger partial charge in [0.25, 0.3) is 0 Å². The molecule has 9 heteroatoms. The molecule has 6 nitrogen and oxygen atoms in total. The zero-order valence-electron chi connectivity index (χ0n) is 14.8. The third-order valence-electron chi connectivity index (χ3n) is 4.16. The highest BCUT2D eigenvalue weighted by Gasteiger charge is 2.17. The van der Waals surface area contributed by atoms with Crippen molar-refractivity contribution in [3.63, 3.8) is 0 Å². The summed E-state index contributed by atoms with van der Waals surface area (Å²) in [6.07, 6.45) is 0. The summed E-state index contributed by atoms with van der Waals surface area (Å²) in [6, 6.07) is 18.4. The average molecular weight is 443 g/mol. The van der Waals surface area contributed by atoms with Crippen LogP contribution in [0.25, 0.3) is 27.9 Å². The number of benzene rings is 2. The van der Waals surface area contributed by atoms with Crippen molar-refractivity contribution in [1.82, 2.24) is 19.8 Å². The molecule has 0 saturated carbocycles. The van der Waals surface area contributed by atoms with Gasteiger partial charge in [0.15, 0.2) is 10.8 Å². The molecule has 0 aliphatic carbocycles. The molecule has 0 unspecified atom stereocenters. The highest BCUT2D eigenvalue weighted by atomic mass is 35.5. The summed E-state index contributed by atoms with van der Waals surface area (Å²) in [5, 5.41) is 15.1. The van der Waals surface area contributed by atoms with Crippen LogP contribution in [0.1, 0.15) is 5.01 Å². The molecule has 0 atom stereocenters. The van der Waals surface area contributed by atoms with E-state index in [-0.39, 0.29) is 0 Å². The van der Waals surface area contributed by atoms with E-state index in [0.29, 0.717) is 33.2 Å². The first-order valence-corrected chi connectivity index (χ1v) is 10.2. The maximum Gasteiger partial charge on any atom is 0.235 e. The molecule has 3 heterocycles. The Bertz CT molecular complexity index is 1280. The third-order valence-corrected chi connectivity index (χ3v) is 5.54. The van der Waals surface area contributed by atoms with Gasteiger partial charge < -0.3 is 9.15 Å². The summed E-state index contributed by atoms with van der Waals surface area (Å²) in [6.45, 7) is 0.323. The molecule has 0 amide bonds. The molecule has 0 N–H and O–H groups in total. The van der Waals surface area contributed by atoms with Crippen molar-refractivity contribution in [2.24, 2.45) is 0 Å². The number of aromatic nitrogens is 4. The first-order chi connectivity index (χ1) is 14.2. The van der Waals surface area contributed by atoms with Gasteiger partial charge in [-0.3, -0.25) is 0 Å². The summed E-state index contributed by atoms with van der Waals surface area (Å²) < 4.78 is 13.4. The van der Waals surface area contributed by atoms with E-state index in [1.807, 2.05) is 48.5 Å². The van der Waals surface area contributed by atoms with E-state index in [9.17, 15) is 0 Å². The van der Waals surface area contributed by atoms with Crippen molar-refractivity contribution in [1.29, 1.82) is 0 Å². The molecule has 5 aromatic rings. The van der Waals surface area contributed by atoms with Gasteiger partial charge in [0.1, 0.15) is 18.1 Å². The third kappa shape index (κ3) is 3.72. The molecular weight excluding hydrogens is 431 g/mol. The summed E-state index contributed by atoms with van der Waals surface area (Å²) >= 11 is 13.3. The van der Waals surface area contributed by atoms with Crippen LogP contribution in [-0.2, 0) is 6.61 Å². The molecule has 5 rings (SSSR count). The smallest absolute Gasteiger partial charge is 0.235 e. The van der Waals surface area contributed by atoms with Gasteiger partial charge in [-0.2, -0.15) is 9.61 Å². The summed E-state index contributed by atoms with van der Waals surface area (Å²) in [4.78, 5) is 0.666. The van der Waals surface area contributed by atoms with Gasteiger partial charge in [-0.15, -0.1) is 10.2 Å². The minimum atomic E-state index is 0.323. The number of halogens is 2. The summed E-state index contributed by atoms with van der Waals surface area (Å²) in [5.74, 6) is 2.56. The van der Waals surface area contributed by atoms with E-state index < -0.39 is 0 Å². The van der Waals surface area contributed by atoms with Gasteiger partial charge in [0.05, 0.1) is 0 Å². The Kier molecular flexibility index (Phi) is 4.71. The van der Waals surface area contributed by atoms with Crippen molar-refractivity contribution in [2.45, 2.75) is 6.61 Å². The number of fused-ring (bicyclic) bond motifs is 1. The molecule has 144 valence electrons. The Morgan fingerprint density at radius 2 is 1.55 bits per heavy atom. The van der Waals surface area contributed by atoms with Crippen LogP contribution in [0, 0.1) is 0 Å². The van der Waals surface area contributed by atoms with E-state index in [0.717, 1.165) is 22.1 Å². The average Bonchev–Trinajstić information content (AvgIpc) is 3.44. The molecular formula is C20H12Cl2N4O2S. The van der Waals surface area contributed by atoms with Crippen LogP contribution in [0.3, 0.4) is 0 Å². The standard InChI is InChI=1S/C20H12Cl2N4O2S/c21-13-3-1-12(2-4-13)16-9-10-17(28-16)19-23-24-20-26(19)25-18(29-20)11-27-15-7-5-14(22)6-8-15/h1-10H,11H2. The number of furan rings is 1. The number of hydrogen-bond acceptors (Lipinski definition) is 6. The van der Waals surface area contributed by atoms with Crippen LogP contribution < -0.4 is 4.74 Å². The van der Waals surface area contributed by atoms with Crippen molar-refractivity contribution < 1.29 is 9.15 Å². The lowest BCUT2D eigenvalue weighted by Crippen LogP contribution is -1.97. The molecule has 2 aromatic carbocycles. The molecule has 0 radical (unpaired) electrons. The van der Waals surface area contributed by atoms with Crippen LogP contribution in [0.15, 0.2) is 65.1 Å². The number of hydrogen-bond donors (Lipinski definition) is 0. The normalized spacial score (nSPS) is 11.2. The number of ether oxygens (including phenoxy) is 1. The Morgan fingerprint density at radius 3 is 2.31 bits per heavy atom. The molecule has 0 saturated heterocycles. The highest BCUT2D eigenvalue weighted by Crippen LogP contribution is 2.29. The van der Waals surface area contributed by atoms with Gasteiger partial charge >= 0.3 is 0 Å². The molecule has 0 spiro atoms. The van der Waals surface area contributed by atoms with Crippen molar-refractivity contribution >= 4 is 39.5 Å². The van der Waals surface area contributed by atoms with Gasteiger partial charge in [-0.05, 0) is 60.7 Å². The maximum atomic E-state index is 5.97. The van der Waals surface area contributed by atoms with Crippen molar-refractivity contribution in [2.75, 3.05) is 0 Å². The lowest BCUT2D eigenvalue weighted by atomic mass is 10.2. The van der Waals surface area contributed by atoms with E-state index >= 15 is 0 Å². The molecule has 0 fully saturated rings. The predicted molar refractivity (Wildman–Crippen MR) is 113 cm³/mol. The predicted octanol–water partition coefficient (Wildman–Crippen LogP) is 6.00. The SMILES string of the molecule is Clc1ccc(OCc2nn3c(-c4ccc(-c5ccc(Cl)cc5)o4)nnc3s2)cc1. The molecule has 3 aromatic heterocycles. The van der Waals surface area contributed by atoms with Crippen LogP contribution >= 0.6 is 34.5 Å². The van der Waals surface area contributed by atoms with Crippen LogP contribution in [-0.4, -0.2) is 19.8 Å². The Morgan fingerprint density at radius 1 is 0.862 bits per heavy atom. The fourth-order valence-electron chi connectivity index (χ4n) is 2.77. The molecule has 0 aliphatic rings. The number of nitrogens with zero attached hydrogens (tertiary/aromatic N) is 4. The van der Waals surface area contributed by atoms with Crippen LogP contribution in [0.2, 0.25) is 10.0 Å². The lowest BCUT2D eigenvalue weighted by Gasteiger charge is -2.02. The van der Waals surface area contributed by atoms with Crippen LogP contribution in [0.5, 0.6) is 5.75 Å². The Balaban J connectivity index is 1.38. The maximum absolute atomic E-state index is 5.97. The second-order valence-electron chi connectivity index (χ2n) is 6.13. The van der Waals surface area contributed by atoms with Gasteiger partial charge in [0, 0.05) is 15.6 Å². The first kappa shape index (κ1) is 18.2. The molecule has 0 bridgehead atoms. The summed E-state index contributed by atoms with van der Waals surface area (Å²) in [5.41, 5.74) is 0.928. The first-order valence-electron chi connectivity index (χ1n) is 8.61. The molecule has 29 heavy (non-hydrogen) atoms. The minimum absolute atomic E-state index is 0.323. The summed E-state index contributed by atoms with van der Waals surface area (Å²) in [7, 11) is 0. The van der Waals surface area contributed by atoms with Crippen molar-refractivity contribution in [3.05, 3.63) is 75.7 Å². The van der Waals surface area contributed by atoms with E-state index in [4.69, 9.17) is 32.4 Å². The Hall–Kier alpha value is -2.87. The molecule has 0 aliphatic heterocycles. The van der Waals surface area contributed by atoms with Crippen LogP contribution in [0.4, 0.5) is 0 Å². The number of rotatable bonds is 5. The monoisotopic (exact) mass is 442 g/mol. The minimum Gasteiger partial charge on any atom is -0.486 e. The van der Waals surface area contributed by atoms with Gasteiger partial charge in [0.2, 0.25) is 10.8 Å². The van der Waals surface area contributed by atoms with E-state index in [1.165, 1.54) is 11.3 Å². The second-order valence-corrected chi connectivity index (χ2v) is 8.04. The van der Waals surface area contributed by atoms with E-state index in [1.54, 1.807) is 16.6 Å². The van der Waals surface area contributed by atoms with Gasteiger partial charge in [-0.25, -0.2) is 0 Å².